The van der Waals surface area contributed by atoms with E-state index < -0.39 is 17.6 Å². The average molecular weight is 519 g/mol. The van der Waals surface area contributed by atoms with Crippen LogP contribution >= 0.6 is 0 Å². The zero-order valence-electron chi connectivity index (χ0n) is 20.7. The number of likely N-dealkylation sites (N-methyl/N-ethyl adjacent to an activating group) is 1. The Bertz CT molecular complexity index is 1520. The van der Waals surface area contributed by atoms with E-state index in [-0.39, 0.29) is 29.3 Å². The number of amides is 1. The highest BCUT2D eigenvalue weighted by Crippen LogP contribution is 2.34. The number of benzene rings is 2. The number of nitrogens with one attached hydrogen (secondary N) is 1. The minimum Gasteiger partial charge on any atom is -0.443 e. The molecule has 0 bridgehead atoms. The summed E-state index contributed by atoms with van der Waals surface area (Å²) in [5.74, 6) is 5.41. The van der Waals surface area contributed by atoms with Crippen molar-refractivity contribution in [2.75, 3.05) is 38.5 Å². The van der Waals surface area contributed by atoms with E-state index >= 15 is 0 Å². The Kier molecular flexibility index (Phi) is 7.18. The van der Waals surface area contributed by atoms with Gasteiger partial charge in [0.05, 0.1) is 11.1 Å². The molecule has 1 saturated heterocycles. The van der Waals surface area contributed by atoms with Crippen LogP contribution in [0.4, 0.5) is 18.9 Å². The van der Waals surface area contributed by atoms with Gasteiger partial charge in [-0.3, -0.25) is 14.7 Å². The Hall–Kier alpha value is -4.13. The molecule has 0 aliphatic carbocycles. The first-order chi connectivity index (χ1) is 18.3. The van der Waals surface area contributed by atoms with Crippen molar-refractivity contribution >= 4 is 22.4 Å². The number of alkyl halides is 3. The van der Waals surface area contributed by atoms with Crippen LogP contribution in [-0.2, 0) is 12.7 Å². The molecule has 1 amide bonds. The van der Waals surface area contributed by atoms with E-state index in [1.54, 1.807) is 18.5 Å². The molecule has 0 unspecified atom stereocenters. The zero-order chi connectivity index (χ0) is 26.7. The lowest BCUT2D eigenvalue weighted by molar-refractivity contribution is -0.138. The number of aromatic nitrogens is 1. The fraction of sp³-hybridized carbons (Fsp3) is 0.241. The molecule has 5 rings (SSSR count). The van der Waals surface area contributed by atoms with Crippen LogP contribution in [0.3, 0.4) is 0 Å². The van der Waals surface area contributed by atoms with Crippen molar-refractivity contribution in [3.63, 3.8) is 0 Å². The van der Waals surface area contributed by atoms with Crippen LogP contribution < -0.4 is 5.32 Å². The number of pyridine rings is 1. The van der Waals surface area contributed by atoms with E-state index in [0.717, 1.165) is 29.9 Å². The number of hydrogen-bond donors (Lipinski definition) is 1. The monoisotopic (exact) mass is 518 g/mol. The molecule has 0 saturated carbocycles. The number of hydrogen-bond acceptors (Lipinski definition) is 5. The summed E-state index contributed by atoms with van der Waals surface area (Å²) in [7, 11) is 1.99. The first-order valence-electron chi connectivity index (χ1n) is 12.1. The van der Waals surface area contributed by atoms with Gasteiger partial charge in [0.1, 0.15) is 0 Å². The smallest absolute Gasteiger partial charge is 0.416 e. The van der Waals surface area contributed by atoms with E-state index in [2.05, 4.69) is 27.0 Å². The lowest BCUT2D eigenvalue weighted by Gasteiger charge is -2.33. The highest BCUT2D eigenvalue weighted by molar-refractivity contribution is 6.02. The van der Waals surface area contributed by atoms with Gasteiger partial charge in [0.25, 0.3) is 5.91 Å². The van der Waals surface area contributed by atoms with Gasteiger partial charge < -0.3 is 14.6 Å². The van der Waals surface area contributed by atoms with Gasteiger partial charge >= 0.3 is 6.18 Å². The number of carbonyl (C=O) groups excluding carboxylic acids is 1. The molecule has 38 heavy (non-hydrogen) atoms. The molecule has 4 aromatic rings. The average Bonchev–Trinajstić information content (AvgIpc) is 3.38. The standard InChI is InChI=1S/C29H25F3N4O2/c1-35-12-14-36(15-13-35)19-22-6-8-23(16-26(22)29(30,31)32)34-28(37)27-11-10-24(38-27)9-7-21-18-33-17-20-4-2-3-5-25(20)21/h2-6,8,10-11,16-18H,12-15,19H2,1H3,(H,34,37). The third kappa shape index (κ3) is 5.88. The van der Waals surface area contributed by atoms with Gasteiger partial charge in [-0.25, -0.2) is 0 Å². The predicted octanol–water partition coefficient (Wildman–Crippen LogP) is 5.25. The number of rotatable bonds is 4. The maximum atomic E-state index is 13.9. The summed E-state index contributed by atoms with van der Waals surface area (Å²) >= 11 is 0. The third-order valence-corrected chi connectivity index (χ3v) is 6.48. The zero-order valence-corrected chi connectivity index (χ0v) is 20.7. The first kappa shape index (κ1) is 25.5. The van der Waals surface area contributed by atoms with Gasteiger partial charge in [-0.2, -0.15) is 13.2 Å². The highest BCUT2D eigenvalue weighted by atomic mass is 19.4. The summed E-state index contributed by atoms with van der Waals surface area (Å²) in [6, 6.07) is 14.6. The lowest BCUT2D eigenvalue weighted by Crippen LogP contribution is -2.44. The van der Waals surface area contributed by atoms with Crippen LogP contribution in [0, 0.1) is 11.8 Å². The molecule has 2 aromatic heterocycles. The van der Waals surface area contributed by atoms with E-state index in [9.17, 15) is 18.0 Å². The number of halogens is 3. The summed E-state index contributed by atoms with van der Waals surface area (Å²) in [6.07, 6.45) is -1.15. The van der Waals surface area contributed by atoms with Gasteiger partial charge in [0, 0.05) is 61.6 Å². The Morgan fingerprint density at radius 3 is 2.61 bits per heavy atom. The molecule has 194 valence electrons. The lowest BCUT2D eigenvalue weighted by atomic mass is 10.0. The molecule has 0 radical (unpaired) electrons. The van der Waals surface area contributed by atoms with Crippen molar-refractivity contribution in [2.24, 2.45) is 0 Å². The SMILES string of the molecule is CN1CCN(Cc2ccc(NC(=O)c3ccc(C#Cc4cncc5ccccc45)o3)cc2C(F)(F)F)CC1. The maximum absolute atomic E-state index is 13.9. The van der Waals surface area contributed by atoms with Crippen LogP contribution in [0.1, 0.15) is 33.0 Å². The Morgan fingerprint density at radius 2 is 1.82 bits per heavy atom. The van der Waals surface area contributed by atoms with Crippen LogP contribution in [0.25, 0.3) is 10.8 Å². The third-order valence-electron chi connectivity index (χ3n) is 6.48. The predicted molar refractivity (Wildman–Crippen MR) is 139 cm³/mol. The van der Waals surface area contributed by atoms with Crippen molar-refractivity contribution in [1.29, 1.82) is 0 Å². The maximum Gasteiger partial charge on any atom is 0.416 e. The quantitative estimate of drug-likeness (QED) is 0.374. The molecule has 0 atom stereocenters. The van der Waals surface area contributed by atoms with E-state index in [1.807, 2.05) is 36.2 Å². The van der Waals surface area contributed by atoms with Crippen molar-refractivity contribution in [3.05, 3.63) is 95.2 Å². The largest absolute Gasteiger partial charge is 0.443 e. The molecule has 1 aliphatic heterocycles. The summed E-state index contributed by atoms with van der Waals surface area (Å²) in [6.45, 7) is 3.22. The minimum atomic E-state index is -4.55. The molecule has 1 N–H and O–H groups in total. The first-order valence-corrected chi connectivity index (χ1v) is 12.1. The summed E-state index contributed by atoms with van der Waals surface area (Å²) in [5.41, 5.74) is 0.166. The Balaban J connectivity index is 1.30. The minimum absolute atomic E-state index is 0.0373. The van der Waals surface area contributed by atoms with E-state index in [4.69, 9.17) is 4.42 Å². The Morgan fingerprint density at radius 1 is 1.03 bits per heavy atom. The normalized spacial score (nSPS) is 14.7. The molecule has 2 aromatic carbocycles. The molecule has 1 fully saturated rings. The molecule has 1 aliphatic rings. The van der Waals surface area contributed by atoms with Gasteiger partial charge in [-0.05, 0) is 42.8 Å². The second-order valence-electron chi connectivity index (χ2n) is 9.23. The molecule has 0 spiro atoms. The number of carbonyl (C=O) groups is 1. The fourth-order valence-corrected chi connectivity index (χ4v) is 4.37. The topological polar surface area (TPSA) is 61.6 Å². The number of furan rings is 1. The fourth-order valence-electron chi connectivity index (χ4n) is 4.37. The van der Waals surface area contributed by atoms with Crippen molar-refractivity contribution in [1.82, 2.24) is 14.8 Å². The highest BCUT2D eigenvalue weighted by Gasteiger charge is 2.34. The number of fused-ring (bicyclic) bond motifs is 1. The number of anilines is 1. The van der Waals surface area contributed by atoms with Gasteiger partial charge in [-0.1, -0.05) is 36.3 Å². The van der Waals surface area contributed by atoms with Crippen molar-refractivity contribution in [3.8, 4) is 11.8 Å². The van der Waals surface area contributed by atoms with Crippen LogP contribution in [0.5, 0.6) is 0 Å². The summed E-state index contributed by atoms with van der Waals surface area (Å²) in [5, 5.41) is 4.40. The van der Waals surface area contributed by atoms with E-state index in [0.29, 0.717) is 18.7 Å². The molecular weight excluding hydrogens is 493 g/mol. The second-order valence-corrected chi connectivity index (χ2v) is 9.23. The molecular formula is C29H25F3N4O2. The van der Waals surface area contributed by atoms with Crippen molar-refractivity contribution in [2.45, 2.75) is 12.7 Å². The van der Waals surface area contributed by atoms with Crippen LogP contribution in [0.2, 0.25) is 0 Å². The summed E-state index contributed by atoms with van der Waals surface area (Å²) in [4.78, 5) is 21.1. The van der Waals surface area contributed by atoms with Crippen LogP contribution in [0.15, 0.2) is 71.4 Å². The number of nitrogens with zero attached hydrogens (tertiary/aromatic N) is 3. The number of piperazine rings is 1. The van der Waals surface area contributed by atoms with Crippen molar-refractivity contribution < 1.29 is 22.4 Å². The van der Waals surface area contributed by atoms with Gasteiger partial charge in [0.15, 0.2) is 11.5 Å². The van der Waals surface area contributed by atoms with Gasteiger partial charge in [0.2, 0.25) is 0 Å². The molecule has 6 nitrogen and oxygen atoms in total. The van der Waals surface area contributed by atoms with E-state index in [1.165, 1.54) is 18.2 Å². The second kappa shape index (κ2) is 10.7. The van der Waals surface area contributed by atoms with Gasteiger partial charge in [-0.15, -0.1) is 0 Å². The molecule has 3 heterocycles. The Labute approximate surface area is 218 Å². The molecule has 9 heteroatoms. The summed E-state index contributed by atoms with van der Waals surface area (Å²) < 4.78 is 47.1. The van der Waals surface area contributed by atoms with Crippen LogP contribution in [-0.4, -0.2) is 53.9 Å².